The van der Waals surface area contributed by atoms with E-state index in [2.05, 4.69) is 20.2 Å². The Labute approximate surface area is 81.2 Å². The highest BCUT2D eigenvalue weighted by Gasteiger charge is 2.36. The van der Waals surface area contributed by atoms with Crippen molar-refractivity contribution in [3.8, 4) is 0 Å². The lowest BCUT2D eigenvalue weighted by molar-refractivity contribution is -0.117. The number of amides is 1. The number of rotatable bonds is 0. The van der Waals surface area contributed by atoms with Gasteiger partial charge in [0.15, 0.2) is 5.82 Å². The number of carbonyl (C=O) groups excluding carboxylic acids is 1. The zero-order chi connectivity index (χ0) is 9.54. The summed E-state index contributed by atoms with van der Waals surface area (Å²) < 4.78 is 0. The Kier molecular flexibility index (Phi) is 1.47. The third kappa shape index (κ3) is 0.921. The molecule has 1 fully saturated rings. The maximum Gasteiger partial charge on any atom is 0.247 e. The van der Waals surface area contributed by atoms with Crippen molar-refractivity contribution in [3.05, 3.63) is 12.5 Å². The van der Waals surface area contributed by atoms with Crippen molar-refractivity contribution < 1.29 is 4.79 Å². The number of nitrogens with zero attached hydrogens (tertiary/aromatic N) is 3. The van der Waals surface area contributed by atoms with E-state index in [-0.39, 0.29) is 11.9 Å². The van der Waals surface area contributed by atoms with Gasteiger partial charge in [-0.15, -0.1) is 0 Å². The van der Waals surface area contributed by atoms with Crippen LogP contribution in [0.3, 0.4) is 0 Å². The van der Waals surface area contributed by atoms with E-state index in [1.165, 1.54) is 6.33 Å². The topological polar surface area (TPSA) is 58.1 Å². The Bertz CT molecular complexity index is 392. The molecule has 0 saturated carbocycles. The number of hydrogen-bond acceptors (Lipinski definition) is 4. The minimum Gasteiger partial charge on any atom is -0.343 e. The molecule has 3 heterocycles. The predicted molar refractivity (Wildman–Crippen MR) is 51.0 cm³/mol. The first-order valence-corrected chi connectivity index (χ1v) is 4.74. The lowest BCUT2D eigenvalue weighted by atomic mass is 10.1. The molecule has 72 valence electrons. The summed E-state index contributed by atoms with van der Waals surface area (Å²) >= 11 is 0. The van der Waals surface area contributed by atoms with Gasteiger partial charge < -0.3 is 10.2 Å². The molecule has 1 amide bonds. The number of anilines is 2. The second kappa shape index (κ2) is 2.67. The van der Waals surface area contributed by atoms with Crippen LogP contribution in [0, 0.1) is 0 Å². The van der Waals surface area contributed by atoms with Crippen molar-refractivity contribution in [1.82, 2.24) is 9.97 Å². The van der Waals surface area contributed by atoms with Crippen LogP contribution in [-0.4, -0.2) is 28.5 Å². The first-order chi connectivity index (χ1) is 6.86. The third-order valence-corrected chi connectivity index (χ3v) is 2.78. The predicted octanol–water partition coefficient (Wildman–Crippen LogP) is 0.397. The van der Waals surface area contributed by atoms with Crippen molar-refractivity contribution in [1.29, 1.82) is 0 Å². The molecule has 0 spiro atoms. The van der Waals surface area contributed by atoms with Gasteiger partial charge in [-0.1, -0.05) is 0 Å². The van der Waals surface area contributed by atoms with E-state index < -0.39 is 0 Å². The molecule has 14 heavy (non-hydrogen) atoms. The number of fused-ring (bicyclic) bond motifs is 3. The van der Waals surface area contributed by atoms with Gasteiger partial charge in [0.25, 0.3) is 0 Å². The zero-order valence-electron chi connectivity index (χ0n) is 7.60. The fourth-order valence-corrected chi connectivity index (χ4v) is 2.15. The smallest absolute Gasteiger partial charge is 0.247 e. The van der Waals surface area contributed by atoms with Crippen molar-refractivity contribution >= 4 is 17.4 Å². The SMILES string of the molecule is O=C1Nc2cncnc2N2CCCC12. The summed E-state index contributed by atoms with van der Waals surface area (Å²) in [6.07, 6.45) is 5.15. The van der Waals surface area contributed by atoms with Gasteiger partial charge in [-0.3, -0.25) is 4.79 Å². The molecule has 1 saturated heterocycles. The molecule has 3 rings (SSSR count). The van der Waals surface area contributed by atoms with Crippen molar-refractivity contribution in [2.45, 2.75) is 18.9 Å². The largest absolute Gasteiger partial charge is 0.343 e. The van der Waals surface area contributed by atoms with Gasteiger partial charge in [0, 0.05) is 6.54 Å². The Hall–Kier alpha value is -1.65. The molecule has 1 atom stereocenters. The van der Waals surface area contributed by atoms with Crippen LogP contribution in [0.2, 0.25) is 0 Å². The Balaban J connectivity index is 2.11. The standard InChI is InChI=1S/C9H10N4O/c14-9-7-2-1-3-13(7)8-6(12-9)4-10-5-11-8/h4-5,7H,1-3H2,(H,12,14). The maximum atomic E-state index is 11.6. The molecule has 0 radical (unpaired) electrons. The van der Waals surface area contributed by atoms with Crippen LogP contribution in [0.1, 0.15) is 12.8 Å². The van der Waals surface area contributed by atoms with E-state index in [1.54, 1.807) is 6.20 Å². The quantitative estimate of drug-likeness (QED) is 0.643. The monoisotopic (exact) mass is 190 g/mol. The Morgan fingerprint density at radius 1 is 1.57 bits per heavy atom. The van der Waals surface area contributed by atoms with Crippen LogP contribution < -0.4 is 10.2 Å². The number of nitrogens with one attached hydrogen (secondary N) is 1. The Morgan fingerprint density at radius 3 is 3.43 bits per heavy atom. The van der Waals surface area contributed by atoms with Gasteiger partial charge in [0.05, 0.1) is 6.20 Å². The van der Waals surface area contributed by atoms with Crippen LogP contribution in [0.15, 0.2) is 12.5 Å². The summed E-state index contributed by atoms with van der Waals surface area (Å²) in [5, 5.41) is 2.83. The minimum absolute atomic E-state index is 0.0163. The molecule has 5 nitrogen and oxygen atoms in total. The molecule has 1 unspecified atom stereocenters. The average molecular weight is 190 g/mol. The van der Waals surface area contributed by atoms with Gasteiger partial charge in [0.2, 0.25) is 5.91 Å². The average Bonchev–Trinajstić information content (AvgIpc) is 2.67. The van der Waals surface area contributed by atoms with Gasteiger partial charge >= 0.3 is 0 Å². The number of aromatic nitrogens is 2. The summed E-state index contributed by atoms with van der Waals surface area (Å²) in [5.41, 5.74) is 0.732. The first kappa shape index (κ1) is 7.73. The second-order valence-electron chi connectivity index (χ2n) is 3.60. The van der Waals surface area contributed by atoms with E-state index in [0.29, 0.717) is 0 Å². The molecular formula is C9H10N4O. The molecule has 2 aliphatic rings. The summed E-state index contributed by atoms with van der Waals surface area (Å²) in [4.78, 5) is 21.8. The molecule has 1 aromatic heterocycles. The first-order valence-electron chi connectivity index (χ1n) is 4.74. The summed E-state index contributed by atoms with van der Waals surface area (Å²) in [6, 6.07) is -0.0163. The van der Waals surface area contributed by atoms with E-state index >= 15 is 0 Å². The van der Waals surface area contributed by atoms with Crippen molar-refractivity contribution in [2.24, 2.45) is 0 Å². The molecule has 0 aliphatic carbocycles. The van der Waals surface area contributed by atoms with E-state index in [1.807, 2.05) is 0 Å². The lowest BCUT2D eigenvalue weighted by Crippen LogP contribution is -2.44. The van der Waals surface area contributed by atoms with Crippen LogP contribution in [0.25, 0.3) is 0 Å². The molecule has 5 heteroatoms. The fraction of sp³-hybridized carbons (Fsp3) is 0.444. The highest BCUT2D eigenvalue weighted by molar-refractivity contribution is 6.02. The van der Waals surface area contributed by atoms with Gasteiger partial charge in [-0.05, 0) is 12.8 Å². The fourth-order valence-electron chi connectivity index (χ4n) is 2.15. The normalized spacial score (nSPS) is 24.1. The third-order valence-electron chi connectivity index (χ3n) is 2.78. The Morgan fingerprint density at radius 2 is 2.50 bits per heavy atom. The highest BCUT2D eigenvalue weighted by atomic mass is 16.2. The molecule has 2 aliphatic heterocycles. The molecular weight excluding hydrogens is 180 g/mol. The van der Waals surface area contributed by atoms with Gasteiger partial charge in [-0.25, -0.2) is 9.97 Å². The van der Waals surface area contributed by atoms with Gasteiger partial charge in [0.1, 0.15) is 18.1 Å². The van der Waals surface area contributed by atoms with Crippen molar-refractivity contribution in [3.63, 3.8) is 0 Å². The zero-order valence-corrected chi connectivity index (χ0v) is 7.60. The molecule has 0 bridgehead atoms. The van der Waals surface area contributed by atoms with Crippen LogP contribution in [-0.2, 0) is 4.79 Å². The highest BCUT2D eigenvalue weighted by Crippen LogP contribution is 2.33. The van der Waals surface area contributed by atoms with Crippen molar-refractivity contribution in [2.75, 3.05) is 16.8 Å². The molecule has 0 aromatic carbocycles. The minimum atomic E-state index is -0.0163. The molecule has 1 N–H and O–H groups in total. The van der Waals surface area contributed by atoms with E-state index in [9.17, 15) is 4.79 Å². The second-order valence-corrected chi connectivity index (χ2v) is 3.60. The maximum absolute atomic E-state index is 11.6. The van der Waals surface area contributed by atoms with Crippen LogP contribution in [0.4, 0.5) is 11.5 Å². The van der Waals surface area contributed by atoms with Crippen LogP contribution >= 0.6 is 0 Å². The lowest BCUT2D eigenvalue weighted by Gasteiger charge is -2.30. The van der Waals surface area contributed by atoms with Crippen LogP contribution in [0.5, 0.6) is 0 Å². The summed E-state index contributed by atoms with van der Waals surface area (Å²) in [6.45, 7) is 0.919. The summed E-state index contributed by atoms with van der Waals surface area (Å²) in [7, 11) is 0. The van der Waals surface area contributed by atoms with E-state index in [0.717, 1.165) is 30.9 Å². The molecule has 1 aromatic rings. The van der Waals surface area contributed by atoms with E-state index in [4.69, 9.17) is 0 Å². The number of hydrogen-bond donors (Lipinski definition) is 1. The summed E-state index contributed by atoms with van der Waals surface area (Å²) in [5.74, 6) is 0.937. The van der Waals surface area contributed by atoms with Gasteiger partial charge in [-0.2, -0.15) is 0 Å². The number of carbonyl (C=O) groups is 1.